The number of hydrogen-bond donors (Lipinski definition) is 1. The van der Waals surface area contributed by atoms with Crippen molar-refractivity contribution in [3.05, 3.63) is 58.4 Å². The van der Waals surface area contributed by atoms with E-state index in [2.05, 4.69) is 28.7 Å². The maximum Gasteiger partial charge on any atom is 0.260 e. The van der Waals surface area contributed by atoms with Gasteiger partial charge in [-0.1, -0.05) is 37.6 Å². The quantitative estimate of drug-likeness (QED) is 0.589. The molecule has 0 bridgehead atoms. The fourth-order valence-electron chi connectivity index (χ4n) is 4.05. The molecule has 8 heteroatoms. The molecule has 2 heterocycles. The van der Waals surface area contributed by atoms with Crippen molar-refractivity contribution >= 4 is 34.2 Å². The molecule has 174 valence electrons. The predicted octanol–water partition coefficient (Wildman–Crippen LogP) is 4.02. The lowest BCUT2D eigenvalue weighted by Gasteiger charge is -2.34. The minimum absolute atomic E-state index is 0.0110. The van der Waals surface area contributed by atoms with Crippen molar-refractivity contribution in [2.75, 3.05) is 38.5 Å². The van der Waals surface area contributed by atoms with Crippen LogP contribution in [0, 0.1) is 6.92 Å². The number of nitrogens with two attached hydrogens (primary N) is 1. The monoisotopic (exact) mass is 467 g/mol. The lowest BCUT2D eigenvalue weighted by atomic mass is 10.0. The summed E-state index contributed by atoms with van der Waals surface area (Å²) in [5.74, 6) is 2.17. The highest BCUT2D eigenvalue weighted by molar-refractivity contribution is 6.31. The maximum absolute atomic E-state index is 12.8. The topological polar surface area (TPSA) is 84.6 Å². The molecule has 0 aliphatic carbocycles. The van der Waals surface area contributed by atoms with Gasteiger partial charge in [0, 0.05) is 36.6 Å². The van der Waals surface area contributed by atoms with Crippen molar-refractivity contribution < 1.29 is 9.53 Å². The highest BCUT2D eigenvalue weighted by Gasteiger charge is 2.23. The van der Waals surface area contributed by atoms with Gasteiger partial charge in [-0.3, -0.25) is 9.69 Å². The number of anilines is 1. The summed E-state index contributed by atoms with van der Waals surface area (Å²) in [6.07, 6.45) is 0. The second-order valence-electron chi connectivity index (χ2n) is 8.78. The van der Waals surface area contributed by atoms with Crippen molar-refractivity contribution in [2.24, 2.45) is 0 Å². The molecule has 1 fully saturated rings. The maximum atomic E-state index is 12.8. The Kier molecular flexibility index (Phi) is 7.00. The van der Waals surface area contributed by atoms with E-state index in [0.29, 0.717) is 36.3 Å². The lowest BCUT2D eigenvalue weighted by Crippen LogP contribution is -2.49. The second kappa shape index (κ2) is 9.93. The molecule has 1 aliphatic heterocycles. The SMILES string of the molecule is Cc1cc(OCC(=O)N2CCN(Cc3nc(N)c4ccccc4n3)CC2)c(C(C)C)cc1Cl. The average molecular weight is 468 g/mol. The molecule has 2 aromatic carbocycles. The number of carbonyl (C=O) groups excluding carboxylic acids is 1. The number of carbonyl (C=O) groups is 1. The lowest BCUT2D eigenvalue weighted by molar-refractivity contribution is -0.135. The number of nitrogens with zero attached hydrogens (tertiary/aromatic N) is 4. The Bertz CT molecular complexity index is 1160. The smallest absolute Gasteiger partial charge is 0.260 e. The minimum atomic E-state index is -0.0110. The van der Waals surface area contributed by atoms with E-state index in [1.165, 1.54) is 0 Å². The summed E-state index contributed by atoms with van der Waals surface area (Å²) < 4.78 is 5.93. The van der Waals surface area contributed by atoms with Crippen LogP contribution in [0.4, 0.5) is 5.82 Å². The van der Waals surface area contributed by atoms with E-state index in [4.69, 9.17) is 22.1 Å². The van der Waals surface area contributed by atoms with Crippen LogP contribution in [0.3, 0.4) is 0 Å². The predicted molar refractivity (Wildman–Crippen MR) is 132 cm³/mol. The summed E-state index contributed by atoms with van der Waals surface area (Å²) >= 11 is 6.27. The highest BCUT2D eigenvalue weighted by Crippen LogP contribution is 2.32. The summed E-state index contributed by atoms with van der Waals surface area (Å²) in [5.41, 5.74) is 8.91. The molecule has 33 heavy (non-hydrogen) atoms. The number of benzene rings is 2. The van der Waals surface area contributed by atoms with Crippen molar-refractivity contribution in [1.82, 2.24) is 19.8 Å². The normalized spacial score (nSPS) is 14.8. The van der Waals surface area contributed by atoms with E-state index in [-0.39, 0.29) is 18.4 Å². The largest absolute Gasteiger partial charge is 0.483 e. The number of fused-ring (bicyclic) bond motifs is 1. The third kappa shape index (κ3) is 5.37. The van der Waals surface area contributed by atoms with Crippen LogP contribution in [0.5, 0.6) is 5.75 Å². The van der Waals surface area contributed by atoms with Crippen molar-refractivity contribution in [1.29, 1.82) is 0 Å². The van der Waals surface area contributed by atoms with Crippen LogP contribution >= 0.6 is 11.6 Å². The van der Waals surface area contributed by atoms with Gasteiger partial charge in [-0.15, -0.1) is 0 Å². The molecule has 4 rings (SSSR count). The molecular formula is C25H30ClN5O2. The van der Waals surface area contributed by atoms with E-state index >= 15 is 0 Å². The van der Waals surface area contributed by atoms with Gasteiger partial charge in [0.1, 0.15) is 17.4 Å². The Morgan fingerprint density at radius 3 is 2.61 bits per heavy atom. The standard InChI is InChI=1S/C25H30ClN5O2/c1-16(2)19-13-20(26)17(3)12-22(19)33-15-24(32)31-10-8-30(9-11-31)14-23-28-21-7-5-4-6-18(21)25(27)29-23/h4-7,12-13,16H,8-11,14-15H2,1-3H3,(H2,27,28,29). The third-order valence-corrected chi connectivity index (χ3v) is 6.44. The van der Waals surface area contributed by atoms with Gasteiger partial charge in [-0.05, 0) is 48.2 Å². The van der Waals surface area contributed by atoms with E-state index in [9.17, 15) is 4.79 Å². The van der Waals surface area contributed by atoms with E-state index in [0.717, 1.165) is 40.9 Å². The van der Waals surface area contributed by atoms with Gasteiger partial charge in [0.2, 0.25) is 0 Å². The number of hydrogen-bond acceptors (Lipinski definition) is 6. The molecule has 0 atom stereocenters. The summed E-state index contributed by atoms with van der Waals surface area (Å²) in [4.78, 5) is 26.0. The molecule has 0 unspecified atom stereocenters. The number of para-hydroxylation sites is 1. The Labute approximate surface area is 199 Å². The zero-order valence-corrected chi connectivity index (χ0v) is 20.1. The molecule has 2 N–H and O–H groups in total. The van der Waals surface area contributed by atoms with Gasteiger partial charge in [-0.2, -0.15) is 0 Å². The molecule has 7 nitrogen and oxygen atoms in total. The van der Waals surface area contributed by atoms with Crippen LogP contribution in [0.2, 0.25) is 5.02 Å². The van der Waals surface area contributed by atoms with Gasteiger partial charge >= 0.3 is 0 Å². The summed E-state index contributed by atoms with van der Waals surface area (Å²) in [5, 5.41) is 1.58. The van der Waals surface area contributed by atoms with Gasteiger partial charge < -0.3 is 15.4 Å². The number of nitrogen functional groups attached to an aromatic ring is 1. The van der Waals surface area contributed by atoms with E-state index < -0.39 is 0 Å². The van der Waals surface area contributed by atoms with Gasteiger partial charge in [-0.25, -0.2) is 9.97 Å². The second-order valence-corrected chi connectivity index (χ2v) is 9.19. The molecule has 1 amide bonds. The molecule has 1 aromatic heterocycles. The zero-order valence-electron chi connectivity index (χ0n) is 19.3. The fourth-order valence-corrected chi connectivity index (χ4v) is 4.23. The molecule has 0 radical (unpaired) electrons. The minimum Gasteiger partial charge on any atom is -0.483 e. The Balaban J connectivity index is 1.32. The Morgan fingerprint density at radius 1 is 1.15 bits per heavy atom. The first-order chi connectivity index (χ1) is 15.8. The third-order valence-electron chi connectivity index (χ3n) is 6.03. The molecule has 0 spiro atoms. The summed E-state index contributed by atoms with van der Waals surface area (Å²) in [6, 6.07) is 11.6. The summed E-state index contributed by atoms with van der Waals surface area (Å²) in [7, 11) is 0. The van der Waals surface area contributed by atoms with Crippen LogP contribution in [-0.4, -0.2) is 58.5 Å². The number of ether oxygens (including phenoxy) is 1. The van der Waals surface area contributed by atoms with Crippen molar-refractivity contribution in [3.63, 3.8) is 0 Å². The van der Waals surface area contributed by atoms with Crippen LogP contribution in [0.1, 0.15) is 36.7 Å². The first-order valence-electron chi connectivity index (χ1n) is 11.3. The molecule has 3 aromatic rings. The van der Waals surface area contributed by atoms with Gasteiger partial charge in [0.25, 0.3) is 5.91 Å². The first kappa shape index (κ1) is 23.3. The Morgan fingerprint density at radius 2 is 1.88 bits per heavy atom. The fraction of sp³-hybridized carbons (Fsp3) is 0.400. The van der Waals surface area contributed by atoms with Crippen LogP contribution in [0.15, 0.2) is 36.4 Å². The van der Waals surface area contributed by atoms with Crippen LogP contribution in [0.25, 0.3) is 10.9 Å². The molecule has 0 saturated carbocycles. The number of aromatic nitrogens is 2. The number of aryl methyl sites for hydroxylation is 1. The van der Waals surface area contributed by atoms with Gasteiger partial charge in [0.15, 0.2) is 6.61 Å². The Hall–Kier alpha value is -2.90. The average Bonchev–Trinajstić information content (AvgIpc) is 2.79. The highest BCUT2D eigenvalue weighted by atomic mass is 35.5. The van der Waals surface area contributed by atoms with E-state index in [1.54, 1.807) is 0 Å². The zero-order chi connectivity index (χ0) is 23.5. The van der Waals surface area contributed by atoms with Crippen LogP contribution < -0.4 is 10.5 Å². The number of piperazine rings is 1. The summed E-state index contributed by atoms with van der Waals surface area (Å²) in [6.45, 7) is 9.51. The van der Waals surface area contributed by atoms with Gasteiger partial charge in [0.05, 0.1) is 12.1 Å². The molecule has 1 aliphatic rings. The van der Waals surface area contributed by atoms with Crippen molar-refractivity contribution in [3.8, 4) is 5.75 Å². The number of amides is 1. The number of halogens is 1. The van der Waals surface area contributed by atoms with Crippen LogP contribution in [-0.2, 0) is 11.3 Å². The van der Waals surface area contributed by atoms with E-state index in [1.807, 2.05) is 48.2 Å². The molecule has 1 saturated heterocycles. The molecular weight excluding hydrogens is 438 g/mol. The first-order valence-corrected chi connectivity index (χ1v) is 11.6. The van der Waals surface area contributed by atoms with Crippen molar-refractivity contribution in [2.45, 2.75) is 33.2 Å². The number of rotatable bonds is 6.